The maximum atomic E-state index is 13.0. The number of carbonyl (C=O) groups is 2. The Morgan fingerprint density at radius 1 is 1.37 bits per heavy atom. The molecule has 0 amide bonds. The van der Waals surface area contributed by atoms with E-state index in [1.165, 1.54) is 12.1 Å². The molecule has 1 aromatic carbocycles. The van der Waals surface area contributed by atoms with Crippen LogP contribution in [-0.4, -0.2) is 18.4 Å². The quantitative estimate of drug-likeness (QED) is 0.772. The second-order valence-electron chi connectivity index (χ2n) is 4.08. The third-order valence-corrected chi connectivity index (χ3v) is 2.89. The molecule has 0 saturated heterocycles. The van der Waals surface area contributed by atoms with E-state index < -0.39 is 11.7 Å². The van der Waals surface area contributed by atoms with E-state index in [1.54, 1.807) is 13.0 Å². The predicted octanol–water partition coefficient (Wildman–Crippen LogP) is 3.16. The number of ether oxygens (including phenoxy) is 1. The van der Waals surface area contributed by atoms with E-state index >= 15 is 0 Å². The van der Waals surface area contributed by atoms with E-state index in [0.717, 1.165) is 5.56 Å². The van der Waals surface area contributed by atoms with Crippen LogP contribution in [0, 0.1) is 11.7 Å². The first-order chi connectivity index (χ1) is 9.11. The molecule has 2 rings (SSSR count). The molecule has 19 heavy (non-hydrogen) atoms. The molecule has 4 heteroatoms. The molecule has 0 aromatic heterocycles. The highest BCUT2D eigenvalue weighted by Crippen LogP contribution is 2.27. The Morgan fingerprint density at radius 3 is 2.68 bits per heavy atom. The molecule has 1 aromatic rings. The zero-order valence-electron chi connectivity index (χ0n) is 11.5. The summed E-state index contributed by atoms with van der Waals surface area (Å²) in [6.45, 7) is 6.03. The van der Waals surface area contributed by atoms with Crippen molar-refractivity contribution in [1.29, 1.82) is 0 Å². The van der Waals surface area contributed by atoms with Crippen molar-refractivity contribution >= 4 is 11.8 Å². The van der Waals surface area contributed by atoms with Gasteiger partial charge in [-0.25, -0.2) is 4.39 Å². The van der Waals surface area contributed by atoms with Crippen LogP contribution in [-0.2, 0) is 16.0 Å². The molecule has 1 atom stereocenters. The van der Waals surface area contributed by atoms with Gasteiger partial charge in [-0.2, -0.15) is 0 Å². The van der Waals surface area contributed by atoms with Gasteiger partial charge in [-0.05, 0) is 31.0 Å². The molecule has 0 saturated carbocycles. The minimum atomic E-state index is -0.430. The van der Waals surface area contributed by atoms with Gasteiger partial charge >= 0.3 is 5.97 Å². The second-order valence-corrected chi connectivity index (χ2v) is 4.08. The molecular formula is C15H19FO3. The molecule has 1 unspecified atom stereocenters. The number of fused-ring (bicyclic) bond motifs is 1. The number of esters is 1. The van der Waals surface area contributed by atoms with Gasteiger partial charge in [-0.15, -0.1) is 0 Å². The normalized spacial score (nSPS) is 17.1. The van der Waals surface area contributed by atoms with Crippen LogP contribution in [0.2, 0.25) is 0 Å². The Hall–Kier alpha value is -1.71. The third-order valence-electron chi connectivity index (χ3n) is 2.89. The molecule has 1 aliphatic rings. The van der Waals surface area contributed by atoms with Gasteiger partial charge in [0.15, 0.2) is 5.78 Å². The number of Topliss-reactive ketones (excluding diaryl/α,β-unsaturated/α-hetero) is 1. The van der Waals surface area contributed by atoms with E-state index in [1.807, 2.05) is 13.8 Å². The van der Waals surface area contributed by atoms with Crippen molar-refractivity contribution in [3.63, 3.8) is 0 Å². The summed E-state index contributed by atoms with van der Waals surface area (Å²) in [4.78, 5) is 23.4. The Bertz CT molecular complexity index is 468. The lowest BCUT2D eigenvalue weighted by atomic mass is 9.83. The average molecular weight is 266 g/mol. The van der Waals surface area contributed by atoms with Crippen molar-refractivity contribution in [3.05, 3.63) is 35.1 Å². The number of hydrogen-bond acceptors (Lipinski definition) is 3. The van der Waals surface area contributed by atoms with Crippen LogP contribution in [0.15, 0.2) is 18.2 Å². The Kier molecular flexibility index (Phi) is 5.67. The number of ketones is 1. The van der Waals surface area contributed by atoms with Crippen LogP contribution >= 0.6 is 0 Å². The molecule has 0 aliphatic heterocycles. The van der Waals surface area contributed by atoms with Crippen molar-refractivity contribution in [2.45, 2.75) is 33.6 Å². The van der Waals surface area contributed by atoms with E-state index in [0.29, 0.717) is 18.6 Å². The van der Waals surface area contributed by atoms with Gasteiger partial charge in [0.1, 0.15) is 5.82 Å². The fourth-order valence-electron chi connectivity index (χ4n) is 2.08. The molecule has 0 radical (unpaired) electrons. The smallest absolute Gasteiger partial charge is 0.309 e. The molecule has 3 nitrogen and oxygen atoms in total. The molecular weight excluding hydrogens is 247 g/mol. The molecule has 0 spiro atoms. The highest BCUT2D eigenvalue weighted by atomic mass is 19.1. The minimum absolute atomic E-state index is 0.106. The van der Waals surface area contributed by atoms with E-state index in [4.69, 9.17) is 4.74 Å². The first-order valence-electron chi connectivity index (χ1n) is 6.60. The molecule has 0 N–H and O–H groups in total. The fraction of sp³-hybridized carbons (Fsp3) is 0.467. The van der Waals surface area contributed by atoms with Crippen molar-refractivity contribution in [1.82, 2.24) is 0 Å². The zero-order chi connectivity index (χ0) is 14.4. The second kappa shape index (κ2) is 7.02. The summed E-state index contributed by atoms with van der Waals surface area (Å²) >= 11 is 0. The van der Waals surface area contributed by atoms with Crippen molar-refractivity contribution in [2.24, 2.45) is 5.92 Å². The summed E-state index contributed by atoms with van der Waals surface area (Å²) in [7, 11) is 0. The number of carbonyl (C=O) groups excluding carboxylic acids is 2. The van der Waals surface area contributed by atoms with Gasteiger partial charge in [0.05, 0.1) is 12.5 Å². The number of halogens is 1. The Balaban J connectivity index is 0.000000861. The lowest BCUT2D eigenvalue weighted by molar-refractivity contribution is -0.148. The lowest BCUT2D eigenvalue weighted by Crippen LogP contribution is -2.28. The average Bonchev–Trinajstić information content (AvgIpc) is 2.42. The number of hydrogen-bond donors (Lipinski definition) is 0. The summed E-state index contributed by atoms with van der Waals surface area (Å²) in [5.74, 6) is -1.40. The summed E-state index contributed by atoms with van der Waals surface area (Å²) in [5.41, 5.74) is 1.12. The van der Waals surface area contributed by atoms with Gasteiger partial charge < -0.3 is 4.74 Å². The largest absolute Gasteiger partial charge is 0.466 e. The van der Waals surface area contributed by atoms with Crippen LogP contribution in [0.5, 0.6) is 0 Å². The fourth-order valence-corrected chi connectivity index (χ4v) is 2.08. The molecule has 104 valence electrons. The van der Waals surface area contributed by atoms with E-state index in [9.17, 15) is 14.0 Å². The molecule has 0 bridgehead atoms. The van der Waals surface area contributed by atoms with Crippen LogP contribution < -0.4 is 0 Å². The third kappa shape index (κ3) is 3.63. The van der Waals surface area contributed by atoms with Crippen LogP contribution in [0.1, 0.15) is 43.1 Å². The van der Waals surface area contributed by atoms with Gasteiger partial charge in [0, 0.05) is 12.0 Å². The van der Waals surface area contributed by atoms with E-state index in [2.05, 4.69) is 0 Å². The van der Waals surface area contributed by atoms with Gasteiger partial charge in [-0.3, -0.25) is 9.59 Å². The first-order valence-corrected chi connectivity index (χ1v) is 6.60. The molecule has 0 heterocycles. The summed E-state index contributed by atoms with van der Waals surface area (Å²) in [6.07, 6.45) is 0.551. The molecule has 0 fully saturated rings. The van der Waals surface area contributed by atoms with Crippen LogP contribution in [0.25, 0.3) is 0 Å². The van der Waals surface area contributed by atoms with Crippen molar-refractivity contribution in [3.8, 4) is 0 Å². The molecule has 1 aliphatic carbocycles. The maximum Gasteiger partial charge on any atom is 0.309 e. The number of rotatable bonds is 2. The monoisotopic (exact) mass is 266 g/mol. The SMILES string of the molecule is CC.CCOC(=O)C1CC(=O)c2cc(F)ccc2C1. The van der Waals surface area contributed by atoms with Crippen LogP contribution in [0.4, 0.5) is 4.39 Å². The lowest BCUT2D eigenvalue weighted by Gasteiger charge is -2.21. The topological polar surface area (TPSA) is 43.4 Å². The van der Waals surface area contributed by atoms with Crippen LogP contribution in [0.3, 0.4) is 0 Å². The predicted molar refractivity (Wildman–Crippen MR) is 70.5 cm³/mol. The van der Waals surface area contributed by atoms with E-state index in [-0.39, 0.29) is 18.2 Å². The maximum absolute atomic E-state index is 13.0. The zero-order valence-corrected chi connectivity index (χ0v) is 11.5. The highest BCUT2D eigenvalue weighted by Gasteiger charge is 2.30. The first kappa shape index (κ1) is 15.3. The minimum Gasteiger partial charge on any atom is -0.466 e. The Labute approximate surface area is 112 Å². The summed E-state index contributed by atoms with van der Waals surface area (Å²) < 4.78 is 17.9. The van der Waals surface area contributed by atoms with Gasteiger partial charge in [-0.1, -0.05) is 19.9 Å². The van der Waals surface area contributed by atoms with Gasteiger partial charge in [0.25, 0.3) is 0 Å². The van der Waals surface area contributed by atoms with Crippen molar-refractivity contribution < 1.29 is 18.7 Å². The van der Waals surface area contributed by atoms with Crippen molar-refractivity contribution in [2.75, 3.05) is 6.61 Å². The highest BCUT2D eigenvalue weighted by molar-refractivity contribution is 6.01. The summed E-state index contributed by atoms with van der Waals surface area (Å²) in [6, 6.07) is 4.10. The number of benzene rings is 1. The Morgan fingerprint density at radius 2 is 2.05 bits per heavy atom. The summed E-state index contributed by atoms with van der Waals surface area (Å²) in [5, 5.41) is 0. The van der Waals surface area contributed by atoms with Gasteiger partial charge in [0.2, 0.25) is 0 Å². The standard InChI is InChI=1S/C13H13FO3.C2H6/c1-2-17-13(16)9-5-8-3-4-10(14)7-11(8)12(15)6-9;1-2/h3-4,7,9H,2,5-6H2,1H3;1-2H3.